The summed E-state index contributed by atoms with van der Waals surface area (Å²) in [6, 6.07) is 6.90. The lowest BCUT2D eigenvalue weighted by Crippen LogP contribution is -2.14. The molecule has 0 aliphatic heterocycles. The summed E-state index contributed by atoms with van der Waals surface area (Å²) in [5, 5.41) is 0. The average molecular weight is 295 g/mol. The fourth-order valence-corrected chi connectivity index (χ4v) is 1.93. The number of halogens is 2. The monoisotopic (exact) mass is 294 g/mol. The third kappa shape index (κ3) is 2.53. The lowest BCUT2D eigenvalue weighted by Gasteiger charge is -2.14. The number of nitrogens with zero attached hydrogens (tertiary/aromatic N) is 1. The van der Waals surface area contributed by atoms with Crippen LogP contribution in [0, 0.1) is 12.7 Å². The van der Waals surface area contributed by atoms with Crippen LogP contribution in [0.3, 0.4) is 0 Å². The summed E-state index contributed by atoms with van der Waals surface area (Å²) >= 11 is 3.42. The fraction of sp³-hybridized carbons (Fsp3) is 0.154. The minimum atomic E-state index is -0.468. The summed E-state index contributed by atoms with van der Waals surface area (Å²) in [5.41, 5.74) is 8.47. The molecular formula is C13H12BrFN2. The predicted octanol–water partition coefficient (Wildman–Crippen LogP) is 3.34. The highest BCUT2D eigenvalue weighted by Crippen LogP contribution is 2.25. The van der Waals surface area contributed by atoms with Gasteiger partial charge >= 0.3 is 0 Å². The first-order valence-corrected chi connectivity index (χ1v) is 6.00. The van der Waals surface area contributed by atoms with Crippen molar-refractivity contribution in [3.05, 3.63) is 63.6 Å². The Morgan fingerprint density at radius 1 is 1.35 bits per heavy atom. The number of hydrogen-bond donors (Lipinski definition) is 1. The molecule has 2 N–H and O–H groups in total. The second-order valence-electron chi connectivity index (χ2n) is 3.88. The molecular weight excluding hydrogens is 283 g/mol. The zero-order chi connectivity index (χ0) is 12.4. The Morgan fingerprint density at radius 2 is 2.12 bits per heavy atom. The van der Waals surface area contributed by atoms with Crippen LogP contribution >= 0.6 is 15.9 Å². The molecule has 2 aromatic rings. The van der Waals surface area contributed by atoms with Crippen molar-refractivity contribution >= 4 is 15.9 Å². The highest BCUT2D eigenvalue weighted by molar-refractivity contribution is 9.10. The number of hydrogen-bond acceptors (Lipinski definition) is 2. The number of aryl methyl sites for hydroxylation is 1. The second kappa shape index (κ2) is 4.94. The van der Waals surface area contributed by atoms with Crippen molar-refractivity contribution in [3.63, 3.8) is 0 Å². The summed E-state index contributed by atoms with van der Waals surface area (Å²) in [6.07, 6.45) is 2.73. The molecule has 1 unspecified atom stereocenters. The molecule has 0 saturated carbocycles. The van der Waals surface area contributed by atoms with E-state index in [-0.39, 0.29) is 5.82 Å². The van der Waals surface area contributed by atoms with E-state index in [1.807, 2.05) is 25.1 Å². The topological polar surface area (TPSA) is 38.9 Å². The summed E-state index contributed by atoms with van der Waals surface area (Å²) in [6.45, 7) is 1.98. The number of nitrogens with two attached hydrogens (primary N) is 1. The molecule has 0 aliphatic rings. The van der Waals surface area contributed by atoms with E-state index in [0.29, 0.717) is 5.56 Å². The third-order valence-corrected chi connectivity index (χ3v) is 3.57. The number of pyridine rings is 1. The van der Waals surface area contributed by atoms with Gasteiger partial charge in [0.1, 0.15) is 5.82 Å². The van der Waals surface area contributed by atoms with E-state index in [4.69, 9.17) is 5.73 Å². The van der Waals surface area contributed by atoms with Gasteiger partial charge in [-0.25, -0.2) is 4.39 Å². The molecule has 0 radical (unpaired) electrons. The van der Waals surface area contributed by atoms with Crippen LogP contribution in [0.15, 0.2) is 41.1 Å². The predicted molar refractivity (Wildman–Crippen MR) is 69.1 cm³/mol. The fourth-order valence-electron chi connectivity index (χ4n) is 1.68. The van der Waals surface area contributed by atoms with Crippen LogP contribution in [0.2, 0.25) is 0 Å². The average Bonchev–Trinajstić information content (AvgIpc) is 2.32. The van der Waals surface area contributed by atoms with E-state index in [1.54, 1.807) is 12.3 Å². The Bertz CT molecular complexity index is 543. The van der Waals surface area contributed by atoms with Gasteiger partial charge in [-0.1, -0.05) is 28.1 Å². The standard InChI is InChI=1S/C13H12BrFN2/c1-8-6-9(2-3-11(8)14)13(16)10-4-5-17-7-12(10)15/h2-7,13H,16H2,1H3. The zero-order valence-corrected chi connectivity index (χ0v) is 10.9. The highest BCUT2D eigenvalue weighted by Gasteiger charge is 2.13. The minimum absolute atomic E-state index is 0.374. The molecule has 17 heavy (non-hydrogen) atoms. The normalized spacial score (nSPS) is 12.5. The summed E-state index contributed by atoms with van der Waals surface area (Å²) in [5.74, 6) is -0.374. The first-order chi connectivity index (χ1) is 8.09. The van der Waals surface area contributed by atoms with Crippen molar-refractivity contribution in [3.8, 4) is 0 Å². The van der Waals surface area contributed by atoms with Crippen molar-refractivity contribution < 1.29 is 4.39 Å². The molecule has 4 heteroatoms. The Morgan fingerprint density at radius 3 is 2.76 bits per heavy atom. The van der Waals surface area contributed by atoms with E-state index in [1.165, 1.54) is 6.20 Å². The highest BCUT2D eigenvalue weighted by atomic mass is 79.9. The summed E-state index contributed by atoms with van der Waals surface area (Å²) in [7, 11) is 0. The zero-order valence-electron chi connectivity index (χ0n) is 9.32. The molecule has 1 heterocycles. The lowest BCUT2D eigenvalue weighted by atomic mass is 9.99. The van der Waals surface area contributed by atoms with Gasteiger partial charge in [0, 0.05) is 16.2 Å². The van der Waals surface area contributed by atoms with E-state index in [2.05, 4.69) is 20.9 Å². The molecule has 0 bridgehead atoms. The lowest BCUT2D eigenvalue weighted by molar-refractivity contribution is 0.593. The van der Waals surface area contributed by atoms with E-state index >= 15 is 0 Å². The summed E-state index contributed by atoms with van der Waals surface area (Å²) < 4.78 is 14.6. The maximum Gasteiger partial charge on any atom is 0.146 e. The van der Waals surface area contributed by atoms with Gasteiger partial charge in [-0.05, 0) is 30.2 Å². The maximum atomic E-state index is 13.6. The molecule has 1 atom stereocenters. The first-order valence-electron chi connectivity index (χ1n) is 5.20. The largest absolute Gasteiger partial charge is 0.320 e. The van der Waals surface area contributed by atoms with Gasteiger partial charge in [0.05, 0.1) is 12.2 Å². The molecule has 1 aromatic heterocycles. The molecule has 2 rings (SSSR count). The minimum Gasteiger partial charge on any atom is -0.320 e. The van der Waals surface area contributed by atoms with Crippen molar-refractivity contribution in [1.29, 1.82) is 0 Å². The number of aromatic nitrogens is 1. The van der Waals surface area contributed by atoms with Crippen LogP contribution in [-0.2, 0) is 0 Å². The molecule has 1 aromatic carbocycles. The SMILES string of the molecule is Cc1cc(C(N)c2ccncc2F)ccc1Br. The van der Waals surface area contributed by atoms with Crippen LogP contribution in [0.4, 0.5) is 4.39 Å². The number of benzene rings is 1. The van der Waals surface area contributed by atoms with Gasteiger partial charge in [-0.2, -0.15) is 0 Å². The van der Waals surface area contributed by atoms with Crippen LogP contribution < -0.4 is 5.73 Å². The number of rotatable bonds is 2. The van der Waals surface area contributed by atoms with Crippen molar-refractivity contribution in [2.75, 3.05) is 0 Å². The third-order valence-electron chi connectivity index (χ3n) is 2.68. The first kappa shape index (κ1) is 12.2. The molecule has 2 nitrogen and oxygen atoms in total. The van der Waals surface area contributed by atoms with Gasteiger partial charge in [0.2, 0.25) is 0 Å². The molecule has 0 amide bonds. The van der Waals surface area contributed by atoms with Crippen LogP contribution in [0.1, 0.15) is 22.7 Å². The second-order valence-corrected chi connectivity index (χ2v) is 4.74. The Kier molecular flexibility index (Phi) is 3.54. The van der Waals surface area contributed by atoms with Crippen LogP contribution in [-0.4, -0.2) is 4.98 Å². The van der Waals surface area contributed by atoms with E-state index < -0.39 is 6.04 Å². The summed E-state index contributed by atoms with van der Waals surface area (Å²) in [4.78, 5) is 3.71. The van der Waals surface area contributed by atoms with Gasteiger partial charge in [-0.3, -0.25) is 4.98 Å². The Balaban J connectivity index is 2.40. The van der Waals surface area contributed by atoms with Crippen molar-refractivity contribution in [2.45, 2.75) is 13.0 Å². The van der Waals surface area contributed by atoms with Gasteiger partial charge in [-0.15, -0.1) is 0 Å². The van der Waals surface area contributed by atoms with Crippen molar-refractivity contribution in [2.24, 2.45) is 5.73 Å². The molecule has 0 saturated heterocycles. The Hall–Kier alpha value is -1.26. The van der Waals surface area contributed by atoms with Gasteiger partial charge < -0.3 is 5.73 Å². The quantitative estimate of drug-likeness (QED) is 0.923. The molecule has 0 aliphatic carbocycles. The van der Waals surface area contributed by atoms with Crippen molar-refractivity contribution in [1.82, 2.24) is 4.98 Å². The molecule has 0 fully saturated rings. The molecule has 0 spiro atoms. The van der Waals surface area contributed by atoms with E-state index in [9.17, 15) is 4.39 Å². The molecule has 88 valence electrons. The smallest absolute Gasteiger partial charge is 0.146 e. The van der Waals surface area contributed by atoms with Crippen LogP contribution in [0.5, 0.6) is 0 Å². The Labute approximate surface area is 108 Å². The van der Waals surface area contributed by atoms with Gasteiger partial charge in [0.25, 0.3) is 0 Å². The van der Waals surface area contributed by atoms with E-state index in [0.717, 1.165) is 15.6 Å². The van der Waals surface area contributed by atoms with Crippen LogP contribution in [0.25, 0.3) is 0 Å². The maximum absolute atomic E-state index is 13.6. The van der Waals surface area contributed by atoms with Gasteiger partial charge in [0.15, 0.2) is 0 Å².